The van der Waals surface area contributed by atoms with E-state index in [0.717, 1.165) is 9.80 Å². The summed E-state index contributed by atoms with van der Waals surface area (Å²) in [6.07, 6.45) is -0.0170. The van der Waals surface area contributed by atoms with Gasteiger partial charge < -0.3 is 10.2 Å². The predicted molar refractivity (Wildman–Crippen MR) is 116 cm³/mol. The average Bonchev–Trinajstić information content (AvgIpc) is 3.18. The molecule has 0 fully saturated rings. The van der Waals surface area contributed by atoms with Gasteiger partial charge >= 0.3 is 11.9 Å². The Morgan fingerprint density at radius 1 is 0.588 bits per heavy atom. The van der Waals surface area contributed by atoms with E-state index in [2.05, 4.69) is 0 Å². The van der Waals surface area contributed by atoms with E-state index in [-0.39, 0.29) is 61.0 Å². The third-order valence-corrected chi connectivity index (χ3v) is 5.82. The summed E-state index contributed by atoms with van der Waals surface area (Å²) in [7, 11) is 0. The highest BCUT2D eigenvalue weighted by Crippen LogP contribution is 2.32. The Morgan fingerprint density at radius 3 is 1.29 bits per heavy atom. The van der Waals surface area contributed by atoms with Gasteiger partial charge in [0.15, 0.2) is 0 Å². The Bertz CT molecular complexity index is 1170. The second-order valence-electron chi connectivity index (χ2n) is 8.04. The summed E-state index contributed by atoms with van der Waals surface area (Å²) in [5.74, 6) is -4.01. The molecule has 2 aromatic rings. The topological polar surface area (TPSA) is 149 Å². The molecule has 2 N–H and O–H groups in total. The molecule has 0 atom stereocenters. The fourth-order valence-corrected chi connectivity index (χ4v) is 4.12. The van der Waals surface area contributed by atoms with Crippen LogP contribution in [0.2, 0.25) is 0 Å². The van der Waals surface area contributed by atoms with Gasteiger partial charge in [-0.2, -0.15) is 0 Å². The Balaban J connectivity index is 1.56. The third-order valence-electron chi connectivity index (χ3n) is 5.82. The van der Waals surface area contributed by atoms with Crippen molar-refractivity contribution in [3.05, 3.63) is 58.7 Å². The van der Waals surface area contributed by atoms with Crippen molar-refractivity contribution in [3.8, 4) is 11.1 Å². The molecule has 0 bridgehead atoms. The maximum Gasteiger partial charge on any atom is 0.303 e. The lowest BCUT2D eigenvalue weighted by atomic mass is 9.97. The fraction of sp³-hybridized carbons (Fsp3) is 0.250. The first-order valence-electron chi connectivity index (χ1n) is 10.6. The summed E-state index contributed by atoms with van der Waals surface area (Å²) in [5, 5.41) is 17.6. The number of carboxylic acids is 2. The van der Waals surface area contributed by atoms with E-state index in [4.69, 9.17) is 10.2 Å². The van der Waals surface area contributed by atoms with Crippen molar-refractivity contribution in [2.75, 3.05) is 13.1 Å². The minimum atomic E-state index is -1.01. The van der Waals surface area contributed by atoms with Crippen molar-refractivity contribution in [3.63, 3.8) is 0 Å². The average molecular weight is 464 g/mol. The molecular weight excluding hydrogens is 444 g/mol. The zero-order chi connectivity index (χ0) is 24.6. The number of carbonyl (C=O) groups is 6. The van der Waals surface area contributed by atoms with Crippen molar-refractivity contribution in [1.29, 1.82) is 0 Å². The first-order chi connectivity index (χ1) is 16.2. The Morgan fingerprint density at radius 2 is 0.941 bits per heavy atom. The Kier molecular flexibility index (Phi) is 5.97. The van der Waals surface area contributed by atoms with Crippen LogP contribution in [0.3, 0.4) is 0 Å². The van der Waals surface area contributed by atoms with E-state index in [9.17, 15) is 28.8 Å². The lowest BCUT2D eigenvalue weighted by molar-refractivity contribution is -0.138. The van der Waals surface area contributed by atoms with Crippen molar-refractivity contribution >= 4 is 35.6 Å². The van der Waals surface area contributed by atoms with E-state index in [1.165, 1.54) is 12.1 Å². The summed E-state index contributed by atoms with van der Waals surface area (Å²) >= 11 is 0. The number of hydrogen-bond acceptors (Lipinski definition) is 6. The molecule has 0 saturated heterocycles. The predicted octanol–water partition coefficient (Wildman–Crippen LogP) is 2.28. The Hall–Kier alpha value is -4.34. The molecule has 2 aliphatic heterocycles. The molecule has 0 spiro atoms. The van der Waals surface area contributed by atoms with Gasteiger partial charge in [-0.15, -0.1) is 0 Å². The smallest absolute Gasteiger partial charge is 0.303 e. The minimum absolute atomic E-state index is 0.00114. The fourth-order valence-electron chi connectivity index (χ4n) is 4.12. The number of benzene rings is 2. The molecule has 0 radical (unpaired) electrons. The molecule has 4 amide bonds. The second-order valence-corrected chi connectivity index (χ2v) is 8.04. The van der Waals surface area contributed by atoms with Crippen molar-refractivity contribution < 1.29 is 39.0 Å². The van der Waals surface area contributed by atoms with Crippen molar-refractivity contribution in [1.82, 2.24) is 9.80 Å². The van der Waals surface area contributed by atoms with Crippen LogP contribution < -0.4 is 0 Å². The standard InChI is InChI=1S/C24H20N2O8/c27-19(28)3-1-9-25-21(31)15-7-5-13(11-17(15)23(25)33)14-6-8-16-18(12-14)24(34)26(22(16)32)10-2-4-20(29)30/h5-8,11-12H,1-4,9-10H2,(H,27,28)(H,29,30). The van der Waals surface area contributed by atoms with Gasteiger partial charge in [-0.1, -0.05) is 12.1 Å². The minimum Gasteiger partial charge on any atom is -0.481 e. The van der Waals surface area contributed by atoms with Crippen molar-refractivity contribution in [2.45, 2.75) is 25.7 Å². The zero-order valence-electron chi connectivity index (χ0n) is 17.9. The molecule has 0 unspecified atom stereocenters. The summed E-state index contributed by atoms with van der Waals surface area (Å²) in [4.78, 5) is 74.1. The van der Waals surface area contributed by atoms with Gasteiger partial charge in [0.2, 0.25) is 0 Å². The van der Waals surface area contributed by atoms with Crippen LogP contribution >= 0.6 is 0 Å². The van der Waals surface area contributed by atoms with E-state index < -0.39 is 35.6 Å². The van der Waals surface area contributed by atoms with Gasteiger partial charge in [-0.05, 0) is 48.2 Å². The number of aliphatic carboxylic acids is 2. The highest BCUT2D eigenvalue weighted by Gasteiger charge is 2.37. The zero-order valence-corrected chi connectivity index (χ0v) is 17.9. The molecule has 10 heteroatoms. The highest BCUT2D eigenvalue weighted by atomic mass is 16.4. The number of amides is 4. The van der Waals surface area contributed by atoms with Crippen LogP contribution in [0.1, 0.15) is 67.1 Å². The lowest BCUT2D eigenvalue weighted by Crippen LogP contribution is -2.31. The van der Waals surface area contributed by atoms with E-state index >= 15 is 0 Å². The monoisotopic (exact) mass is 464 g/mol. The van der Waals surface area contributed by atoms with Gasteiger partial charge in [-0.3, -0.25) is 38.6 Å². The third kappa shape index (κ3) is 4.05. The van der Waals surface area contributed by atoms with Crippen LogP contribution in [-0.2, 0) is 9.59 Å². The largest absolute Gasteiger partial charge is 0.481 e. The second kappa shape index (κ2) is 8.89. The van der Waals surface area contributed by atoms with Crippen LogP contribution in [0, 0.1) is 0 Å². The molecular formula is C24H20N2O8. The van der Waals surface area contributed by atoms with Crippen LogP contribution in [0.25, 0.3) is 11.1 Å². The quantitative estimate of drug-likeness (QED) is 0.537. The first-order valence-corrected chi connectivity index (χ1v) is 10.6. The van der Waals surface area contributed by atoms with Crippen LogP contribution in [0.4, 0.5) is 0 Å². The molecule has 4 rings (SSSR count). The van der Waals surface area contributed by atoms with Crippen LogP contribution in [-0.4, -0.2) is 68.7 Å². The number of carboxylic acid groups (broad SMARTS) is 2. The number of fused-ring (bicyclic) bond motifs is 2. The molecule has 0 aromatic heterocycles. The number of imide groups is 2. The molecule has 174 valence electrons. The molecule has 0 aliphatic carbocycles. The van der Waals surface area contributed by atoms with Gasteiger partial charge in [-0.25, -0.2) is 0 Å². The summed E-state index contributed by atoms with van der Waals surface area (Å²) in [5.41, 5.74) is 1.97. The number of nitrogens with zero attached hydrogens (tertiary/aromatic N) is 2. The molecule has 2 heterocycles. The molecule has 2 aliphatic rings. The number of carbonyl (C=O) groups excluding carboxylic acids is 4. The molecule has 0 saturated carbocycles. The summed E-state index contributed by atoms with van der Waals surface area (Å²) < 4.78 is 0. The van der Waals surface area contributed by atoms with Gasteiger partial charge in [0, 0.05) is 25.9 Å². The summed E-state index contributed by atoms with van der Waals surface area (Å²) in [6, 6.07) is 9.39. The van der Waals surface area contributed by atoms with Gasteiger partial charge in [0.1, 0.15) is 0 Å². The van der Waals surface area contributed by atoms with E-state index in [1.807, 2.05) is 0 Å². The lowest BCUT2D eigenvalue weighted by Gasteiger charge is -2.12. The Labute approximate surface area is 193 Å². The first kappa shape index (κ1) is 22.8. The highest BCUT2D eigenvalue weighted by molar-refractivity contribution is 6.23. The SMILES string of the molecule is O=C(O)CCCN1C(=O)c2ccc(-c3ccc4c(c3)C(=O)N(CCCC(=O)O)C4=O)cc2C1=O. The van der Waals surface area contributed by atoms with Gasteiger partial charge in [0.25, 0.3) is 23.6 Å². The van der Waals surface area contributed by atoms with Crippen LogP contribution in [0.5, 0.6) is 0 Å². The molecule has 34 heavy (non-hydrogen) atoms. The van der Waals surface area contributed by atoms with Crippen molar-refractivity contribution in [2.24, 2.45) is 0 Å². The maximum atomic E-state index is 12.8. The maximum absolute atomic E-state index is 12.8. The normalized spacial score (nSPS) is 14.6. The molecule has 10 nitrogen and oxygen atoms in total. The number of rotatable bonds is 9. The molecule has 2 aromatic carbocycles. The van der Waals surface area contributed by atoms with Crippen LogP contribution in [0.15, 0.2) is 36.4 Å². The summed E-state index contributed by atoms with van der Waals surface area (Å²) in [6.45, 7) is 0.00228. The van der Waals surface area contributed by atoms with Gasteiger partial charge in [0.05, 0.1) is 22.3 Å². The van der Waals surface area contributed by atoms with E-state index in [0.29, 0.717) is 11.1 Å². The number of hydrogen-bond donors (Lipinski definition) is 2. The van der Waals surface area contributed by atoms with E-state index in [1.54, 1.807) is 24.3 Å².